The van der Waals surface area contributed by atoms with Gasteiger partial charge in [0.2, 0.25) is 0 Å². The van der Waals surface area contributed by atoms with Crippen molar-refractivity contribution in [1.29, 1.82) is 0 Å². The van der Waals surface area contributed by atoms with Crippen LogP contribution < -0.4 is 37.2 Å². The predicted octanol–water partition coefficient (Wildman–Crippen LogP) is -7.01. The fourth-order valence-electron chi connectivity index (χ4n) is 2.17. The SMILES string of the molecule is CN1CC[N-]C(c2ccccc2)CN(C)CC1.[Cl-].[Cl-].[Cl-].[Ti+4]. The predicted molar refractivity (Wildman–Crippen MR) is 72.4 cm³/mol. The minimum atomic E-state index is 0. The molecule has 3 nitrogen and oxygen atoms in total. The van der Waals surface area contributed by atoms with Gasteiger partial charge in [-0.1, -0.05) is 41.9 Å². The van der Waals surface area contributed by atoms with Crippen molar-refractivity contribution in [2.45, 2.75) is 6.04 Å². The zero-order valence-electron chi connectivity index (χ0n) is 12.5. The first-order chi connectivity index (χ1) is 8.25. The molecule has 7 heteroatoms. The molecular formula is C14H22Cl3N3Ti. The fraction of sp³-hybridized carbons (Fsp3) is 0.571. The van der Waals surface area contributed by atoms with Gasteiger partial charge in [-0.25, -0.2) is 0 Å². The molecule has 1 aliphatic heterocycles. The third-order valence-electron chi connectivity index (χ3n) is 3.36. The first-order valence-electron chi connectivity index (χ1n) is 6.34. The van der Waals surface area contributed by atoms with Crippen LogP contribution in [0.4, 0.5) is 0 Å². The molecule has 1 atom stereocenters. The number of likely N-dealkylation sites (N-methyl/N-ethyl adjacent to an activating group) is 2. The maximum Gasteiger partial charge on any atom is 4.00 e. The van der Waals surface area contributed by atoms with Crippen LogP contribution >= 0.6 is 0 Å². The zero-order chi connectivity index (χ0) is 12.1. The Balaban J connectivity index is -0.000000810. The standard InChI is InChI=1S/C14H22N3.3ClH.Ti/c1-16-9-8-15-14(12-17(2)11-10-16)13-6-4-3-5-7-13;;;;/h3-7,14H,8-12H2,1-2H3;3*1H;/q-1;;;;+4/p-3. The van der Waals surface area contributed by atoms with Gasteiger partial charge < -0.3 is 52.3 Å². The molecule has 1 fully saturated rings. The third-order valence-corrected chi connectivity index (χ3v) is 3.36. The molecule has 0 amide bonds. The summed E-state index contributed by atoms with van der Waals surface area (Å²) < 4.78 is 0. The second-order valence-corrected chi connectivity index (χ2v) is 4.90. The van der Waals surface area contributed by atoms with Crippen LogP contribution in [0.3, 0.4) is 0 Å². The maximum atomic E-state index is 4.83. The molecule has 1 aromatic carbocycles. The van der Waals surface area contributed by atoms with Gasteiger partial charge in [0.1, 0.15) is 0 Å². The molecular weight excluding hydrogens is 364 g/mol. The molecule has 0 spiro atoms. The Labute approximate surface area is 162 Å². The number of nitrogens with zero attached hydrogens (tertiary/aromatic N) is 3. The monoisotopic (exact) mass is 385 g/mol. The minimum absolute atomic E-state index is 0. The van der Waals surface area contributed by atoms with E-state index in [1.54, 1.807) is 0 Å². The van der Waals surface area contributed by atoms with Gasteiger partial charge in [-0.15, -0.1) is 6.54 Å². The summed E-state index contributed by atoms with van der Waals surface area (Å²) in [7, 11) is 4.36. The van der Waals surface area contributed by atoms with E-state index < -0.39 is 0 Å². The van der Waals surface area contributed by atoms with Crippen molar-refractivity contribution in [1.82, 2.24) is 9.80 Å². The summed E-state index contributed by atoms with van der Waals surface area (Å²) >= 11 is 0. The smallest absolute Gasteiger partial charge is 1.00 e. The molecule has 21 heavy (non-hydrogen) atoms. The summed E-state index contributed by atoms with van der Waals surface area (Å²) in [5.41, 5.74) is 1.34. The van der Waals surface area contributed by atoms with E-state index in [1.165, 1.54) is 5.56 Å². The van der Waals surface area contributed by atoms with E-state index >= 15 is 0 Å². The first-order valence-corrected chi connectivity index (χ1v) is 6.34. The fourth-order valence-corrected chi connectivity index (χ4v) is 2.17. The molecule has 0 N–H and O–H groups in total. The average Bonchev–Trinajstić information content (AvgIpc) is 2.43. The molecule has 1 unspecified atom stereocenters. The van der Waals surface area contributed by atoms with E-state index in [9.17, 15) is 0 Å². The molecule has 2 rings (SSSR count). The van der Waals surface area contributed by atoms with Crippen LogP contribution in [-0.4, -0.2) is 56.6 Å². The van der Waals surface area contributed by atoms with Crippen LogP contribution in [0.25, 0.3) is 5.32 Å². The van der Waals surface area contributed by atoms with Gasteiger partial charge in [0.25, 0.3) is 0 Å². The van der Waals surface area contributed by atoms with Crippen LogP contribution in [0.5, 0.6) is 0 Å². The zero-order valence-corrected chi connectivity index (χ0v) is 16.3. The van der Waals surface area contributed by atoms with E-state index in [0.717, 1.165) is 32.7 Å². The summed E-state index contributed by atoms with van der Waals surface area (Å²) in [5.74, 6) is 0. The van der Waals surface area contributed by atoms with Gasteiger partial charge in [-0.05, 0) is 27.2 Å². The molecule has 0 aliphatic carbocycles. The molecule has 0 saturated carbocycles. The van der Waals surface area contributed by atoms with Crippen molar-refractivity contribution in [2.75, 3.05) is 46.8 Å². The van der Waals surface area contributed by atoms with Crippen LogP contribution in [-0.2, 0) is 21.7 Å². The van der Waals surface area contributed by atoms with E-state index in [1.807, 2.05) is 0 Å². The molecule has 0 bridgehead atoms. The second-order valence-electron chi connectivity index (χ2n) is 4.90. The second kappa shape index (κ2) is 14.3. The van der Waals surface area contributed by atoms with Gasteiger partial charge in [-0.2, -0.15) is 0 Å². The number of halogens is 3. The van der Waals surface area contributed by atoms with Gasteiger partial charge in [-0.3, -0.25) is 0 Å². The van der Waals surface area contributed by atoms with Crippen LogP contribution in [0.15, 0.2) is 30.3 Å². The Kier molecular flexibility index (Phi) is 18.1. The normalized spacial score (nSPS) is 20.2. The third kappa shape index (κ3) is 9.42. The number of hydrogen-bond donors (Lipinski definition) is 0. The van der Waals surface area contributed by atoms with Crippen molar-refractivity contribution >= 4 is 0 Å². The summed E-state index contributed by atoms with van der Waals surface area (Å²) in [4.78, 5) is 4.73. The summed E-state index contributed by atoms with van der Waals surface area (Å²) in [5, 5.41) is 4.83. The number of hydrogen-bond acceptors (Lipinski definition) is 2. The Hall–Kier alpha value is 0.684. The Morgan fingerprint density at radius 1 is 0.905 bits per heavy atom. The molecule has 0 aromatic heterocycles. The summed E-state index contributed by atoms with van der Waals surface area (Å²) in [6, 6.07) is 11.0. The molecule has 1 aromatic rings. The van der Waals surface area contributed by atoms with Gasteiger partial charge in [0.15, 0.2) is 0 Å². The van der Waals surface area contributed by atoms with E-state index in [0.29, 0.717) is 6.04 Å². The Morgan fingerprint density at radius 3 is 2.10 bits per heavy atom. The van der Waals surface area contributed by atoms with E-state index in [2.05, 4.69) is 54.2 Å². The van der Waals surface area contributed by atoms with Gasteiger partial charge in [0.05, 0.1) is 0 Å². The van der Waals surface area contributed by atoms with Crippen molar-refractivity contribution in [2.24, 2.45) is 0 Å². The Bertz CT molecular complexity index is 343. The summed E-state index contributed by atoms with van der Waals surface area (Å²) in [6.07, 6.45) is 0. The van der Waals surface area contributed by atoms with Crippen molar-refractivity contribution in [3.63, 3.8) is 0 Å². The molecule has 118 valence electrons. The molecule has 1 heterocycles. The van der Waals surface area contributed by atoms with Crippen molar-refractivity contribution in [3.05, 3.63) is 41.2 Å². The van der Waals surface area contributed by atoms with Gasteiger partial charge >= 0.3 is 21.7 Å². The number of rotatable bonds is 1. The first kappa shape index (κ1) is 26.6. The van der Waals surface area contributed by atoms with Gasteiger partial charge in [0, 0.05) is 13.1 Å². The topological polar surface area (TPSA) is 20.6 Å². The number of benzene rings is 1. The molecule has 1 saturated heterocycles. The molecule has 0 radical (unpaired) electrons. The largest absolute Gasteiger partial charge is 4.00 e. The quantitative estimate of drug-likeness (QED) is 0.447. The molecule has 1 aliphatic rings. The minimum Gasteiger partial charge on any atom is -1.00 e. The van der Waals surface area contributed by atoms with Crippen LogP contribution in [0.2, 0.25) is 0 Å². The van der Waals surface area contributed by atoms with E-state index in [4.69, 9.17) is 5.32 Å². The average molecular weight is 387 g/mol. The Morgan fingerprint density at radius 2 is 1.48 bits per heavy atom. The maximum absolute atomic E-state index is 4.83. The van der Waals surface area contributed by atoms with Crippen LogP contribution in [0, 0.1) is 0 Å². The van der Waals surface area contributed by atoms with Crippen molar-refractivity contribution < 1.29 is 58.9 Å². The summed E-state index contributed by atoms with van der Waals surface area (Å²) in [6.45, 7) is 5.28. The van der Waals surface area contributed by atoms with E-state index in [-0.39, 0.29) is 58.9 Å². The van der Waals surface area contributed by atoms with Crippen molar-refractivity contribution in [3.8, 4) is 0 Å². The van der Waals surface area contributed by atoms with Crippen LogP contribution in [0.1, 0.15) is 11.6 Å².